The molecule has 0 rings (SSSR count). The van der Waals surface area contributed by atoms with Crippen molar-refractivity contribution in [3.05, 3.63) is 12.0 Å². The summed E-state index contributed by atoms with van der Waals surface area (Å²) < 4.78 is 4.79. The van der Waals surface area contributed by atoms with Gasteiger partial charge in [-0.2, -0.15) is 0 Å². The Labute approximate surface area is 44.2 Å². The molecule has 0 amide bonds. The van der Waals surface area contributed by atoms with Crippen molar-refractivity contribution < 1.29 is 4.74 Å². The molecule has 7 heavy (non-hydrogen) atoms. The van der Waals surface area contributed by atoms with Crippen molar-refractivity contribution in [2.24, 2.45) is 0 Å². The predicted molar refractivity (Wildman–Crippen MR) is 29.8 cm³/mol. The van der Waals surface area contributed by atoms with E-state index in [4.69, 9.17) is 4.74 Å². The standard InChI is InChI=1S/C5H11NO/c1-5(7-3)4-6-2/h4,6H,1-3H3/b5-4-. The molecule has 0 radical (unpaired) electrons. The molecular formula is C5H11NO. The highest BCUT2D eigenvalue weighted by Gasteiger charge is 1.75. The fourth-order valence-corrected chi connectivity index (χ4v) is 0.262. The molecule has 0 bridgehead atoms. The van der Waals surface area contributed by atoms with Crippen LogP contribution in [0.5, 0.6) is 0 Å². The maximum absolute atomic E-state index is 4.79. The van der Waals surface area contributed by atoms with Gasteiger partial charge >= 0.3 is 0 Å². The van der Waals surface area contributed by atoms with Gasteiger partial charge in [0.2, 0.25) is 0 Å². The van der Waals surface area contributed by atoms with Crippen LogP contribution < -0.4 is 5.32 Å². The van der Waals surface area contributed by atoms with Crippen LogP contribution in [0.1, 0.15) is 6.92 Å². The Morgan fingerprint density at radius 1 is 1.71 bits per heavy atom. The van der Waals surface area contributed by atoms with E-state index in [1.165, 1.54) is 0 Å². The quantitative estimate of drug-likeness (QED) is 0.517. The number of methoxy groups -OCH3 is 1. The van der Waals surface area contributed by atoms with Gasteiger partial charge < -0.3 is 10.1 Å². The van der Waals surface area contributed by atoms with Gasteiger partial charge in [0.15, 0.2) is 0 Å². The first-order chi connectivity index (χ1) is 3.31. The van der Waals surface area contributed by atoms with E-state index < -0.39 is 0 Å². The fraction of sp³-hybridized carbons (Fsp3) is 0.600. The summed E-state index contributed by atoms with van der Waals surface area (Å²) in [5.41, 5.74) is 0. The van der Waals surface area contributed by atoms with Gasteiger partial charge in [-0.15, -0.1) is 0 Å². The lowest BCUT2D eigenvalue weighted by Gasteiger charge is -1.95. The third-order valence-electron chi connectivity index (χ3n) is 0.670. The summed E-state index contributed by atoms with van der Waals surface area (Å²) in [6.07, 6.45) is 1.79. The number of hydrogen-bond acceptors (Lipinski definition) is 2. The molecule has 0 aliphatic rings. The van der Waals surface area contributed by atoms with Gasteiger partial charge in [-0.25, -0.2) is 0 Å². The largest absolute Gasteiger partial charge is 0.500 e. The van der Waals surface area contributed by atoms with Crippen LogP contribution in [0.25, 0.3) is 0 Å². The average Bonchev–Trinajstić information content (AvgIpc) is 1.68. The smallest absolute Gasteiger partial charge is 0.108 e. The molecule has 2 heteroatoms. The summed E-state index contributed by atoms with van der Waals surface area (Å²) in [4.78, 5) is 0. The fourth-order valence-electron chi connectivity index (χ4n) is 0.262. The molecule has 0 fully saturated rings. The minimum atomic E-state index is 0.891. The Balaban J connectivity index is 3.29. The first-order valence-corrected chi connectivity index (χ1v) is 2.19. The molecule has 0 spiro atoms. The molecule has 0 heterocycles. The zero-order chi connectivity index (χ0) is 5.70. The Morgan fingerprint density at radius 2 is 2.29 bits per heavy atom. The molecule has 0 unspecified atom stereocenters. The van der Waals surface area contributed by atoms with E-state index >= 15 is 0 Å². The second-order valence-corrected chi connectivity index (χ2v) is 1.25. The van der Waals surface area contributed by atoms with E-state index in [1.807, 2.05) is 14.0 Å². The van der Waals surface area contributed by atoms with Gasteiger partial charge in [0.25, 0.3) is 0 Å². The molecule has 0 saturated heterocycles. The van der Waals surface area contributed by atoms with Crippen LogP contribution in [0.2, 0.25) is 0 Å². The topological polar surface area (TPSA) is 21.3 Å². The molecule has 0 saturated carbocycles. The van der Waals surface area contributed by atoms with Crippen molar-refractivity contribution in [3.8, 4) is 0 Å². The highest BCUT2D eigenvalue weighted by molar-refractivity contribution is 4.83. The lowest BCUT2D eigenvalue weighted by Crippen LogP contribution is -1.94. The average molecular weight is 101 g/mol. The predicted octanol–water partition coefficient (Wildman–Crippen LogP) is 0.714. The molecule has 42 valence electrons. The zero-order valence-corrected chi connectivity index (χ0v) is 4.99. The van der Waals surface area contributed by atoms with Crippen LogP contribution in [-0.2, 0) is 4.74 Å². The summed E-state index contributed by atoms with van der Waals surface area (Å²) in [5, 5.41) is 2.83. The lowest BCUT2D eigenvalue weighted by molar-refractivity contribution is 0.291. The third-order valence-corrected chi connectivity index (χ3v) is 0.670. The lowest BCUT2D eigenvalue weighted by atomic mass is 10.6. The van der Waals surface area contributed by atoms with Crippen LogP contribution in [0, 0.1) is 0 Å². The second kappa shape index (κ2) is 3.53. The van der Waals surface area contributed by atoms with E-state index in [9.17, 15) is 0 Å². The number of hydrogen-bond donors (Lipinski definition) is 1. The van der Waals surface area contributed by atoms with Crippen LogP contribution in [0.4, 0.5) is 0 Å². The van der Waals surface area contributed by atoms with Crippen LogP contribution in [0.15, 0.2) is 12.0 Å². The molecule has 0 aliphatic carbocycles. The van der Waals surface area contributed by atoms with Gasteiger partial charge in [0, 0.05) is 13.2 Å². The monoisotopic (exact) mass is 101 g/mol. The molecule has 0 atom stereocenters. The van der Waals surface area contributed by atoms with Crippen molar-refractivity contribution in [2.75, 3.05) is 14.2 Å². The van der Waals surface area contributed by atoms with Crippen LogP contribution in [-0.4, -0.2) is 14.2 Å². The summed E-state index contributed by atoms with van der Waals surface area (Å²) in [7, 11) is 3.48. The number of nitrogens with one attached hydrogen (secondary N) is 1. The molecular weight excluding hydrogens is 90.1 g/mol. The van der Waals surface area contributed by atoms with Gasteiger partial charge in [0.1, 0.15) is 5.76 Å². The van der Waals surface area contributed by atoms with Crippen molar-refractivity contribution in [2.45, 2.75) is 6.92 Å². The maximum Gasteiger partial charge on any atom is 0.108 e. The zero-order valence-electron chi connectivity index (χ0n) is 4.99. The van der Waals surface area contributed by atoms with Crippen LogP contribution in [0.3, 0.4) is 0 Å². The molecule has 2 nitrogen and oxygen atoms in total. The van der Waals surface area contributed by atoms with E-state index in [0.717, 1.165) is 5.76 Å². The molecule has 1 N–H and O–H groups in total. The van der Waals surface area contributed by atoms with Crippen molar-refractivity contribution >= 4 is 0 Å². The van der Waals surface area contributed by atoms with E-state index in [-0.39, 0.29) is 0 Å². The van der Waals surface area contributed by atoms with Crippen molar-refractivity contribution in [1.29, 1.82) is 0 Å². The summed E-state index contributed by atoms with van der Waals surface area (Å²) in [5.74, 6) is 0.891. The van der Waals surface area contributed by atoms with E-state index in [2.05, 4.69) is 5.32 Å². The first-order valence-electron chi connectivity index (χ1n) is 2.19. The summed E-state index contributed by atoms with van der Waals surface area (Å²) in [6.45, 7) is 1.89. The first kappa shape index (κ1) is 6.34. The van der Waals surface area contributed by atoms with Gasteiger partial charge in [-0.3, -0.25) is 0 Å². The molecule has 0 aromatic rings. The van der Waals surface area contributed by atoms with E-state index in [0.29, 0.717) is 0 Å². The van der Waals surface area contributed by atoms with Crippen LogP contribution >= 0.6 is 0 Å². The maximum atomic E-state index is 4.79. The number of rotatable bonds is 2. The highest BCUT2D eigenvalue weighted by Crippen LogP contribution is 1.85. The summed E-state index contributed by atoms with van der Waals surface area (Å²) >= 11 is 0. The van der Waals surface area contributed by atoms with Crippen molar-refractivity contribution in [1.82, 2.24) is 5.32 Å². The third kappa shape index (κ3) is 3.16. The molecule has 0 aliphatic heterocycles. The second-order valence-electron chi connectivity index (χ2n) is 1.25. The van der Waals surface area contributed by atoms with Gasteiger partial charge in [-0.1, -0.05) is 0 Å². The van der Waals surface area contributed by atoms with Crippen molar-refractivity contribution in [3.63, 3.8) is 0 Å². The van der Waals surface area contributed by atoms with Gasteiger partial charge in [0.05, 0.1) is 7.11 Å². The highest BCUT2D eigenvalue weighted by atomic mass is 16.5. The molecule has 0 aromatic carbocycles. The number of ether oxygens (including phenoxy) is 1. The number of allylic oxidation sites excluding steroid dienone is 1. The Hall–Kier alpha value is -0.660. The molecule has 0 aromatic heterocycles. The van der Waals surface area contributed by atoms with E-state index in [1.54, 1.807) is 13.3 Å². The Bertz CT molecular complexity index is 68.5. The summed E-state index contributed by atoms with van der Waals surface area (Å²) in [6, 6.07) is 0. The Morgan fingerprint density at radius 3 is 2.43 bits per heavy atom. The minimum Gasteiger partial charge on any atom is -0.500 e. The normalized spacial score (nSPS) is 11.0. The van der Waals surface area contributed by atoms with Gasteiger partial charge in [-0.05, 0) is 6.92 Å². The SMILES string of the molecule is CN/C=C(/C)OC. The Kier molecular flexibility index (Phi) is 3.19. The minimum absolute atomic E-state index is 0.891.